The van der Waals surface area contributed by atoms with Crippen LogP contribution in [-0.2, 0) is 4.74 Å². The summed E-state index contributed by atoms with van der Waals surface area (Å²) in [7, 11) is 0. The molecule has 104 valence electrons. The van der Waals surface area contributed by atoms with E-state index >= 15 is 0 Å². The van der Waals surface area contributed by atoms with Gasteiger partial charge in [0.05, 0.1) is 12.1 Å². The fourth-order valence-corrected chi connectivity index (χ4v) is 3.27. The molecule has 0 spiro atoms. The highest BCUT2D eigenvalue weighted by atomic mass is 16.5. The molecule has 3 nitrogen and oxygen atoms in total. The SMILES string of the molecule is CC1CCOC1C(NN)c1cccc(C2CCC2)c1. The average Bonchev–Trinajstić information content (AvgIpc) is 2.75. The lowest BCUT2D eigenvalue weighted by molar-refractivity contribution is 0.0607. The zero-order chi connectivity index (χ0) is 13.2. The lowest BCUT2D eigenvalue weighted by Crippen LogP contribution is -2.38. The molecule has 2 aliphatic rings. The molecule has 3 unspecified atom stereocenters. The molecule has 0 amide bonds. The first-order valence-corrected chi connectivity index (χ1v) is 7.47. The molecule has 1 aliphatic heterocycles. The molecule has 1 aliphatic carbocycles. The van der Waals surface area contributed by atoms with Crippen LogP contribution in [0.1, 0.15) is 55.7 Å². The van der Waals surface area contributed by atoms with Gasteiger partial charge >= 0.3 is 0 Å². The summed E-state index contributed by atoms with van der Waals surface area (Å²) in [6.07, 6.45) is 5.37. The molecule has 1 aromatic carbocycles. The minimum atomic E-state index is 0.109. The minimum Gasteiger partial charge on any atom is -0.376 e. The number of nitrogens with two attached hydrogens (primary N) is 1. The summed E-state index contributed by atoms with van der Waals surface area (Å²) in [5.74, 6) is 7.12. The van der Waals surface area contributed by atoms with E-state index in [4.69, 9.17) is 10.6 Å². The topological polar surface area (TPSA) is 47.3 Å². The van der Waals surface area contributed by atoms with Gasteiger partial charge in [-0.1, -0.05) is 37.6 Å². The van der Waals surface area contributed by atoms with Crippen LogP contribution in [0.3, 0.4) is 0 Å². The summed E-state index contributed by atoms with van der Waals surface area (Å²) in [6.45, 7) is 3.10. The Balaban J connectivity index is 1.82. The first-order chi connectivity index (χ1) is 9.29. The van der Waals surface area contributed by atoms with Gasteiger partial charge < -0.3 is 4.74 Å². The van der Waals surface area contributed by atoms with Crippen molar-refractivity contribution in [3.63, 3.8) is 0 Å². The fourth-order valence-electron chi connectivity index (χ4n) is 3.27. The number of hydrazine groups is 1. The molecule has 1 saturated heterocycles. The summed E-state index contributed by atoms with van der Waals surface area (Å²) < 4.78 is 5.87. The smallest absolute Gasteiger partial charge is 0.0808 e. The predicted molar refractivity (Wildman–Crippen MR) is 76.6 cm³/mol. The third-order valence-electron chi connectivity index (χ3n) is 4.80. The van der Waals surface area contributed by atoms with Gasteiger partial charge in [0.1, 0.15) is 0 Å². The van der Waals surface area contributed by atoms with Gasteiger partial charge in [0.25, 0.3) is 0 Å². The highest BCUT2D eigenvalue weighted by Gasteiger charge is 2.33. The van der Waals surface area contributed by atoms with Gasteiger partial charge in [0, 0.05) is 6.61 Å². The number of benzene rings is 1. The number of hydrogen-bond donors (Lipinski definition) is 2. The van der Waals surface area contributed by atoms with E-state index in [1.165, 1.54) is 30.4 Å². The molecule has 3 atom stereocenters. The Kier molecular flexibility index (Phi) is 3.87. The molecular weight excluding hydrogens is 236 g/mol. The molecule has 1 heterocycles. The number of rotatable bonds is 4. The van der Waals surface area contributed by atoms with E-state index in [-0.39, 0.29) is 12.1 Å². The molecule has 3 rings (SSSR count). The van der Waals surface area contributed by atoms with Gasteiger partial charge in [0.15, 0.2) is 0 Å². The summed E-state index contributed by atoms with van der Waals surface area (Å²) in [4.78, 5) is 0. The molecule has 3 N–H and O–H groups in total. The van der Waals surface area contributed by atoms with Crippen LogP contribution in [-0.4, -0.2) is 12.7 Å². The van der Waals surface area contributed by atoms with Crippen LogP contribution in [0.25, 0.3) is 0 Å². The fraction of sp³-hybridized carbons (Fsp3) is 0.625. The second-order valence-corrected chi connectivity index (χ2v) is 6.04. The van der Waals surface area contributed by atoms with Crippen molar-refractivity contribution in [2.75, 3.05) is 6.61 Å². The van der Waals surface area contributed by atoms with Crippen LogP contribution in [0, 0.1) is 5.92 Å². The van der Waals surface area contributed by atoms with Crippen molar-refractivity contribution in [2.45, 2.75) is 50.7 Å². The summed E-state index contributed by atoms with van der Waals surface area (Å²) in [6, 6.07) is 9.01. The van der Waals surface area contributed by atoms with E-state index in [0.717, 1.165) is 18.9 Å². The maximum absolute atomic E-state index is 5.87. The van der Waals surface area contributed by atoms with E-state index in [9.17, 15) is 0 Å². The van der Waals surface area contributed by atoms with Crippen molar-refractivity contribution in [1.82, 2.24) is 5.43 Å². The second kappa shape index (κ2) is 5.61. The van der Waals surface area contributed by atoms with E-state index in [2.05, 4.69) is 36.6 Å². The molecular formula is C16H24N2O. The zero-order valence-electron chi connectivity index (χ0n) is 11.6. The van der Waals surface area contributed by atoms with Gasteiger partial charge in [-0.2, -0.15) is 0 Å². The Hall–Kier alpha value is -0.900. The van der Waals surface area contributed by atoms with Crippen LogP contribution in [0.4, 0.5) is 0 Å². The monoisotopic (exact) mass is 260 g/mol. The van der Waals surface area contributed by atoms with Crippen molar-refractivity contribution in [3.05, 3.63) is 35.4 Å². The summed E-state index contributed by atoms with van der Waals surface area (Å²) in [5.41, 5.74) is 5.70. The van der Waals surface area contributed by atoms with Crippen LogP contribution < -0.4 is 11.3 Å². The Morgan fingerprint density at radius 2 is 2.16 bits per heavy atom. The van der Waals surface area contributed by atoms with Crippen LogP contribution in [0.5, 0.6) is 0 Å². The van der Waals surface area contributed by atoms with Gasteiger partial charge in [-0.15, -0.1) is 0 Å². The zero-order valence-corrected chi connectivity index (χ0v) is 11.6. The third kappa shape index (κ3) is 2.55. The Morgan fingerprint density at radius 1 is 1.32 bits per heavy atom. The largest absolute Gasteiger partial charge is 0.376 e. The normalized spacial score (nSPS) is 29.2. The molecule has 3 heteroatoms. The van der Waals surface area contributed by atoms with Crippen molar-refractivity contribution < 1.29 is 4.74 Å². The highest BCUT2D eigenvalue weighted by molar-refractivity contribution is 5.30. The molecule has 19 heavy (non-hydrogen) atoms. The van der Waals surface area contributed by atoms with Crippen LogP contribution in [0.15, 0.2) is 24.3 Å². The Bertz CT molecular complexity index is 431. The average molecular weight is 260 g/mol. The third-order valence-corrected chi connectivity index (χ3v) is 4.80. The van der Waals surface area contributed by atoms with Gasteiger partial charge in [-0.05, 0) is 42.2 Å². The summed E-state index contributed by atoms with van der Waals surface area (Å²) in [5, 5.41) is 0. The minimum absolute atomic E-state index is 0.109. The standard InChI is InChI=1S/C16H24N2O/c1-11-8-9-19-16(11)15(18-17)14-7-3-6-13(10-14)12-4-2-5-12/h3,6-7,10-12,15-16,18H,2,4-5,8-9,17H2,1H3. The number of nitrogens with one attached hydrogen (secondary N) is 1. The molecule has 1 saturated carbocycles. The first kappa shape index (κ1) is 13.1. The van der Waals surface area contributed by atoms with Gasteiger partial charge in [-0.3, -0.25) is 11.3 Å². The molecule has 0 bridgehead atoms. The lowest BCUT2D eigenvalue weighted by Gasteiger charge is -2.29. The van der Waals surface area contributed by atoms with Crippen molar-refractivity contribution >= 4 is 0 Å². The van der Waals surface area contributed by atoms with Gasteiger partial charge in [0.2, 0.25) is 0 Å². The maximum atomic E-state index is 5.87. The summed E-state index contributed by atoms with van der Waals surface area (Å²) >= 11 is 0. The van der Waals surface area contributed by atoms with E-state index in [1.54, 1.807) is 0 Å². The van der Waals surface area contributed by atoms with Crippen molar-refractivity contribution in [2.24, 2.45) is 11.8 Å². The van der Waals surface area contributed by atoms with Crippen LogP contribution >= 0.6 is 0 Å². The van der Waals surface area contributed by atoms with E-state index < -0.39 is 0 Å². The van der Waals surface area contributed by atoms with E-state index in [0.29, 0.717) is 5.92 Å². The van der Waals surface area contributed by atoms with Crippen molar-refractivity contribution in [1.29, 1.82) is 0 Å². The van der Waals surface area contributed by atoms with E-state index in [1.807, 2.05) is 0 Å². The number of ether oxygens (including phenoxy) is 1. The lowest BCUT2D eigenvalue weighted by atomic mass is 9.79. The molecule has 0 radical (unpaired) electrons. The second-order valence-electron chi connectivity index (χ2n) is 6.04. The molecule has 1 aromatic rings. The van der Waals surface area contributed by atoms with Gasteiger partial charge in [-0.25, -0.2) is 0 Å². The maximum Gasteiger partial charge on any atom is 0.0808 e. The Morgan fingerprint density at radius 3 is 2.74 bits per heavy atom. The number of hydrogen-bond acceptors (Lipinski definition) is 3. The predicted octanol–water partition coefficient (Wildman–Crippen LogP) is 2.88. The highest BCUT2D eigenvalue weighted by Crippen LogP contribution is 2.38. The Labute approximate surface area is 115 Å². The molecule has 0 aromatic heterocycles. The van der Waals surface area contributed by atoms with Crippen LogP contribution in [0.2, 0.25) is 0 Å². The first-order valence-electron chi connectivity index (χ1n) is 7.47. The quantitative estimate of drug-likeness (QED) is 0.646. The van der Waals surface area contributed by atoms with Crippen molar-refractivity contribution in [3.8, 4) is 0 Å². The molecule has 2 fully saturated rings.